The summed E-state index contributed by atoms with van der Waals surface area (Å²) in [4.78, 5) is 11.5. The Morgan fingerprint density at radius 2 is 2.15 bits per heavy atom. The summed E-state index contributed by atoms with van der Waals surface area (Å²) in [5.41, 5.74) is 1.75. The third kappa shape index (κ3) is 2.58. The number of benzene rings is 1. The molecule has 2 nitrogen and oxygen atoms in total. The van der Waals surface area contributed by atoms with Crippen LogP contribution in [0.15, 0.2) is 24.3 Å². The van der Waals surface area contributed by atoms with E-state index in [1.807, 2.05) is 38.1 Å². The van der Waals surface area contributed by atoms with Crippen LogP contribution >= 0.6 is 0 Å². The summed E-state index contributed by atoms with van der Waals surface area (Å²) < 4.78 is 0. The molecule has 0 unspecified atom stereocenters. The summed E-state index contributed by atoms with van der Waals surface area (Å²) in [7, 11) is 0. The van der Waals surface area contributed by atoms with E-state index >= 15 is 0 Å². The van der Waals surface area contributed by atoms with Crippen molar-refractivity contribution in [3.8, 4) is 0 Å². The molecule has 0 heterocycles. The molecule has 1 radical (unpaired) electrons. The fourth-order valence-electron chi connectivity index (χ4n) is 1.10. The van der Waals surface area contributed by atoms with Crippen LogP contribution in [-0.4, -0.2) is 5.91 Å². The van der Waals surface area contributed by atoms with E-state index in [0.717, 1.165) is 17.5 Å². The number of carbonyl (C=O) groups excluding carboxylic acids is 1. The molecular formula is C11H14NO. The van der Waals surface area contributed by atoms with Crippen LogP contribution in [0.25, 0.3) is 0 Å². The summed E-state index contributed by atoms with van der Waals surface area (Å²) in [6.45, 7) is 5.67. The zero-order valence-electron chi connectivity index (χ0n) is 8.00. The van der Waals surface area contributed by atoms with Gasteiger partial charge in [-0.05, 0) is 25.0 Å². The fourth-order valence-corrected chi connectivity index (χ4v) is 1.10. The molecule has 0 bridgehead atoms. The van der Waals surface area contributed by atoms with Gasteiger partial charge in [0.1, 0.15) is 0 Å². The highest BCUT2D eigenvalue weighted by molar-refractivity contribution is 5.95. The zero-order valence-corrected chi connectivity index (χ0v) is 8.00. The van der Waals surface area contributed by atoms with Crippen molar-refractivity contribution in [3.05, 3.63) is 41.9 Å². The predicted octanol–water partition coefficient (Wildman–Crippen LogP) is 2.30. The van der Waals surface area contributed by atoms with Crippen molar-refractivity contribution in [3.63, 3.8) is 0 Å². The fraction of sp³-hybridized carbons (Fsp3) is 0.273. The van der Waals surface area contributed by atoms with Gasteiger partial charge in [0.25, 0.3) is 5.91 Å². The maximum Gasteiger partial charge on any atom is 0.251 e. The van der Waals surface area contributed by atoms with E-state index in [1.54, 1.807) is 6.54 Å². The highest BCUT2D eigenvalue weighted by Gasteiger charge is 2.05. The van der Waals surface area contributed by atoms with E-state index in [-0.39, 0.29) is 5.91 Å². The van der Waals surface area contributed by atoms with E-state index < -0.39 is 0 Å². The first-order valence-corrected chi connectivity index (χ1v) is 4.44. The van der Waals surface area contributed by atoms with Gasteiger partial charge in [-0.1, -0.05) is 25.1 Å². The molecular weight excluding hydrogens is 162 g/mol. The van der Waals surface area contributed by atoms with Crippen LogP contribution in [0.4, 0.5) is 0 Å². The number of rotatable bonds is 3. The molecule has 0 aliphatic rings. The molecule has 0 aliphatic carbocycles. The van der Waals surface area contributed by atoms with Gasteiger partial charge in [-0.2, -0.15) is 0 Å². The highest BCUT2D eigenvalue weighted by Crippen LogP contribution is 2.06. The van der Waals surface area contributed by atoms with Gasteiger partial charge < -0.3 is 5.32 Å². The molecule has 0 spiro atoms. The molecule has 0 atom stereocenters. The summed E-state index contributed by atoms with van der Waals surface area (Å²) >= 11 is 0. The lowest BCUT2D eigenvalue weighted by atomic mass is 10.1. The Labute approximate surface area is 79.0 Å². The minimum Gasteiger partial charge on any atom is -0.347 e. The SMILES string of the molecule is CC[CH]NC(=O)c1ccccc1C. The average molecular weight is 176 g/mol. The zero-order chi connectivity index (χ0) is 9.68. The molecule has 0 saturated carbocycles. The molecule has 0 saturated heterocycles. The minimum atomic E-state index is -0.0278. The standard InChI is InChI=1S/C11H14NO/c1-3-8-12-11(13)10-7-5-4-6-9(10)2/h4-8H,3H2,1-2H3,(H,12,13). The molecule has 1 amide bonds. The van der Waals surface area contributed by atoms with E-state index in [9.17, 15) is 4.79 Å². The Morgan fingerprint density at radius 1 is 1.46 bits per heavy atom. The third-order valence-electron chi connectivity index (χ3n) is 1.83. The lowest BCUT2D eigenvalue weighted by molar-refractivity contribution is 0.0962. The number of hydrogen-bond acceptors (Lipinski definition) is 1. The van der Waals surface area contributed by atoms with Crippen LogP contribution in [0.2, 0.25) is 0 Å². The maximum absolute atomic E-state index is 11.5. The Hall–Kier alpha value is -1.31. The van der Waals surface area contributed by atoms with Gasteiger partial charge >= 0.3 is 0 Å². The van der Waals surface area contributed by atoms with Crippen LogP contribution in [0, 0.1) is 13.5 Å². The van der Waals surface area contributed by atoms with Crippen LogP contribution < -0.4 is 5.32 Å². The van der Waals surface area contributed by atoms with Crippen molar-refractivity contribution in [1.29, 1.82) is 0 Å². The molecule has 2 heteroatoms. The van der Waals surface area contributed by atoms with E-state index in [4.69, 9.17) is 0 Å². The topological polar surface area (TPSA) is 29.1 Å². The molecule has 1 N–H and O–H groups in total. The third-order valence-corrected chi connectivity index (χ3v) is 1.83. The lowest BCUT2D eigenvalue weighted by Crippen LogP contribution is -2.20. The van der Waals surface area contributed by atoms with Gasteiger partial charge in [-0.15, -0.1) is 0 Å². The number of aryl methyl sites for hydroxylation is 1. The Balaban J connectivity index is 2.71. The van der Waals surface area contributed by atoms with Gasteiger partial charge in [0.2, 0.25) is 0 Å². The molecule has 13 heavy (non-hydrogen) atoms. The van der Waals surface area contributed by atoms with Gasteiger partial charge in [0, 0.05) is 12.1 Å². The summed E-state index contributed by atoms with van der Waals surface area (Å²) in [6, 6.07) is 7.55. The average Bonchev–Trinajstić information content (AvgIpc) is 2.15. The number of nitrogens with one attached hydrogen (secondary N) is 1. The largest absolute Gasteiger partial charge is 0.347 e. The van der Waals surface area contributed by atoms with E-state index in [1.165, 1.54) is 0 Å². The van der Waals surface area contributed by atoms with Crippen molar-refractivity contribution in [2.24, 2.45) is 0 Å². The molecule has 0 fully saturated rings. The van der Waals surface area contributed by atoms with Crippen molar-refractivity contribution in [2.45, 2.75) is 20.3 Å². The van der Waals surface area contributed by atoms with Crippen molar-refractivity contribution < 1.29 is 4.79 Å². The molecule has 1 rings (SSSR count). The van der Waals surface area contributed by atoms with Crippen molar-refractivity contribution in [1.82, 2.24) is 5.32 Å². The van der Waals surface area contributed by atoms with Crippen LogP contribution in [0.5, 0.6) is 0 Å². The Morgan fingerprint density at radius 3 is 2.77 bits per heavy atom. The molecule has 0 aromatic heterocycles. The van der Waals surface area contributed by atoms with Crippen LogP contribution in [0.1, 0.15) is 29.3 Å². The van der Waals surface area contributed by atoms with E-state index in [0.29, 0.717) is 0 Å². The monoisotopic (exact) mass is 176 g/mol. The predicted molar refractivity (Wildman–Crippen MR) is 53.2 cm³/mol. The van der Waals surface area contributed by atoms with Gasteiger partial charge in [-0.25, -0.2) is 0 Å². The highest BCUT2D eigenvalue weighted by atomic mass is 16.1. The molecule has 1 aromatic carbocycles. The number of carbonyl (C=O) groups is 1. The first-order valence-electron chi connectivity index (χ1n) is 4.44. The Bertz CT molecular complexity index is 294. The quantitative estimate of drug-likeness (QED) is 0.752. The Kier molecular flexibility index (Phi) is 3.50. The summed E-state index contributed by atoms with van der Waals surface area (Å²) in [5, 5.41) is 2.73. The lowest BCUT2D eigenvalue weighted by Gasteiger charge is -2.05. The van der Waals surface area contributed by atoms with Crippen LogP contribution in [-0.2, 0) is 0 Å². The summed E-state index contributed by atoms with van der Waals surface area (Å²) in [6.07, 6.45) is 0.845. The molecule has 0 aliphatic heterocycles. The van der Waals surface area contributed by atoms with Gasteiger partial charge in [0.15, 0.2) is 0 Å². The second-order valence-electron chi connectivity index (χ2n) is 2.90. The van der Waals surface area contributed by atoms with Gasteiger partial charge in [-0.3, -0.25) is 4.79 Å². The first-order chi connectivity index (χ1) is 6.25. The minimum absolute atomic E-state index is 0.0278. The normalized spacial score (nSPS) is 9.69. The first kappa shape index (κ1) is 9.78. The van der Waals surface area contributed by atoms with E-state index in [2.05, 4.69) is 5.32 Å². The second-order valence-corrected chi connectivity index (χ2v) is 2.90. The second kappa shape index (κ2) is 4.65. The van der Waals surface area contributed by atoms with Crippen LogP contribution in [0.3, 0.4) is 0 Å². The molecule has 69 valence electrons. The van der Waals surface area contributed by atoms with Crippen molar-refractivity contribution in [2.75, 3.05) is 0 Å². The van der Waals surface area contributed by atoms with Gasteiger partial charge in [0.05, 0.1) is 0 Å². The number of amides is 1. The maximum atomic E-state index is 11.5. The smallest absolute Gasteiger partial charge is 0.251 e. The number of hydrogen-bond donors (Lipinski definition) is 1. The molecule has 1 aromatic rings. The van der Waals surface area contributed by atoms with Crippen molar-refractivity contribution >= 4 is 5.91 Å². The summed E-state index contributed by atoms with van der Waals surface area (Å²) in [5.74, 6) is -0.0278.